The number of aromatic nitrogens is 1. The van der Waals surface area contributed by atoms with Crippen LogP contribution in [0.4, 0.5) is 0 Å². The van der Waals surface area contributed by atoms with Crippen molar-refractivity contribution in [1.29, 1.82) is 0 Å². The Hall–Kier alpha value is -2.92. The normalized spacial score (nSPS) is 15.8. The van der Waals surface area contributed by atoms with Gasteiger partial charge in [-0.2, -0.15) is 0 Å². The van der Waals surface area contributed by atoms with E-state index in [0.717, 1.165) is 35.7 Å². The third-order valence-corrected chi connectivity index (χ3v) is 5.46. The molecule has 2 aromatic carbocycles. The van der Waals surface area contributed by atoms with Crippen LogP contribution in [-0.4, -0.2) is 20.7 Å². The lowest BCUT2D eigenvalue weighted by Crippen LogP contribution is -2.27. The van der Waals surface area contributed by atoms with E-state index in [1.54, 1.807) is 4.57 Å². The Kier molecular flexibility index (Phi) is 4.54. The molecule has 1 heterocycles. The number of hydrogen-bond acceptors (Lipinski definition) is 3. The van der Waals surface area contributed by atoms with E-state index < -0.39 is 11.5 Å². The fraction of sp³-hybridized carbons (Fsp3) is 0.273. The number of carboxylic acids is 1. The second-order valence-electron chi connectivity index (χ2n) is 7.20. The van der Waals surface area contributed by atoms with Crippen molar-refractivity contribution in [3.63, 3.8) is 0 Å². The highest BCUT2D eigenvalue weighted by Crippen LogP contribution is 2.30. The van der Waals surface area contributed by atoms with Gasteiger partial charge in [0.05, 0.1) is 12.1 Å². The summed E-state index contributed by atoms with van der Waals surface area (Å²) < 4.78 is 1.60. The maximum atomic E-state index is 12.7. The molecule has 0 radical (unpaired) electrons. The Bertz CT molecular complexity index is 1080. The number of benzene rings is 2. The molecular formula is C22H21NO4. The van der Waals surface area contributed by atoms with Crippen molar-refractivity contribution in [3.05, 3.63) is 81.1 Å². The van der Waals surface area contributed by atoms with Gasteiger partial charge in [-0.1, -0.05) is 36.4 Å². The maximum Gasteiger partial charge on any atom is 0.341 e. The van der Waals surface area contributed by atoms with Crippen molar-refractivity contribution >= 4 is 16.9 Å². The molecule has 0 bridgehead atoms. The standard InChI is InChI=1S/C22H21NO4/c24-13-15-5-6-16-9-14(10-18(16)11-15)7-8-23-20-4-2-1-3-17(20)12-19(21(23)25)22(26)27/h1-6,11-12,14,24H,7-10,13H2,(H,26,27). The van der Waals surface area contributed by atoms with E-state index >= 15 is 0 Å². The average molecular weight is 363 g/mol. The van der Waals surface area contributed by atoms with Gasteiger partial charge < -0.3 is 14.8 Å². The average Bonchev–Trinajstić information content (AvgIpc) is 3.08. The molecule has 1 aliphatic carbocycles. The number of pyridine rings is 1. The van der Waals surface area contributed by atoms with Crippen LogP contribution in [0.1, 0.15) is 33.5 Å². The summed E-state index contributed by atoms with van der Waals surface area (Å²) in [5, 5.41) is 19.4. The van der Waals surface area contributed by atoms with E-state index in [0.29, 0.717) is 12.5 Å². The molecular weight excluding hydrogens is 342 g/mol. The SMILES string of the molecule is O=C(O)c1cc2ccccc2n(CCC2Cc3ccc(CO)cc3C2)c1=O. The summed E-state index contributed by atoms with van der Waals surface area (Å²) in [4.78, 5) is 24.1. The van der Waals surface area contributed by atoms with Gasteiger partial charge in [0.1, 0.15) is 5.56 Å². The Morgan fingerprint density at radius 1 is 1.07 bits per heavy atom. The maximum absolute atomic E-state index is 12.7. The summed E-state index contributed by atoms with van der Waals surface area (Å²) in [5.74, 6) is -0.780. The van der Waals surface area contributed by atoms with E-state index in [1.807, 2.05) is 30.3 Å². The number of aromatic carboxylic acids is 1. The molecule has 0 fully saturated rings. The molecule has 0 aliphatic heterocycles. The zero-order valence-electron chi connectivity index (χ0n) is 14.9. The molecule has 0 amide bonds. The zero-order chi connectivity index (χ0) is 19.0. The number of para-hydroxylation sites is 1. The lowest BCUT2D eigenvalue weighted by atomic mass is 10.0. The Balaban J connectivity index is 1.60. The van der Waals surface area contributed by atoms with Gasteiger partial charge in [-0.25, -0.2) is 4.79 Å². The first kappa shape index (κ1) is 17.5. The Morgan fingerprint density at radius 2 is 1.85 bits per heavy atom. The molecule has 4 rings (SSSR count). The fourth-order valence-corrected chi connectivity index (χ4v) is 4.08. The van der Waals surface area contributed by atoms with E-state index in [1.165, 1.54) is 17.2 Å². The van der Waals surface area contributed by atoms with Gasteiger partial charge in [0.25, 0.3) is 5.56 Å². The van der Waals surface area contributed by atoms with Crippen LogP contribution in [0.25, 0.3) is 10.9 Å². The van der Waals surface area contributed by atoms with Crippen LogP contribution in [-0.2, 0) is 26.0 Å². The first-order chi connectivity index (χ1) is 13.1. The highest BCUT2D eigenvalue weighted by Gasteiger charge is 2.22. The molecule has 0 spiro atoms. The summed E-state index contributed by atoms with van der Waals surface area (Å²) in [6.07, 6.45) is 2.68. The number of aryl methyl sites for hydroxylation is 1. The van der Waals surface area contributed by atoms with Crippen molar-refractivity contribution < 1.29 is 15.0 Å². The van der Waals surface area contributed by atoms with Crippen LogP contribution in [0.15, 0.2) is 53.3 Å². The van der Waals surface area contributed by atoms with E-state index in [2.05, 4.69) is 12.1 Å². The molecule has 1 aliphatic rings. The van der Waals surface area contributed by atoms with Gasteiger partial charge in [0, 0.05) is 6.54 Å². The number of fused-ring (bicyclic) bond motifs is 2. The summed E-state index contributed by atoms with van der Waals surface area (Å²) in [6.45, 7) is 0.535. The van der Waals surface area contributed by atoms with Gasteiger partial charge in [0.2, 0.25) is 0 Å². The second kappa shape index (κ2) is 7.00. The summed E-state index contributed by atoms with van der Waals surface area (Å²) >= 11 is 0. The molecule has 27 heavy (non-hydrogen) atoms. The van der Waals surface area contributed by atoms with Crippen LogP contribution < -0.4 is 5.56 Å². The highest BCUT2D eigenvalue weighted by atomic mass is 16.4. The van der Waals surface area contributed by atoms with E-state index in [4.69, 9.17) is 0 Å². The topological polar surface area (TPSA) is 79.5 Å². The number of rotatable bonds is 5. The summed E-state index contributed by atoms with van der Waals surface area (Å²) in [7, 11) is 0. The predicted octanol–water partition coefficient (Wildman–Crippen LogP) is 3.00. The minimum Gasteiger partial charge on any atom is -0.477 e. The molecule has 5 nitrogen and oxygen atoms in total. The number of carboxylic acid groups (broad SMARTS) is 1. The number of nitrogens with zero attached hydrogens (tertiary/aromatic N) is 1. The van der Waals surface area contributed by atoms with E-state index in [9.17, 15) is 19.8 Å². The molecule has 0 saturated heterocycles. The number of aliphatic hydroxyl groups is 1. The smallest absolute Gasteiger partial charge is 0.341 e. The van der Waals surface area contributed by atoms with E-state index in [-0.39, 0.29) is 12.2 Å². The van der Waals surface area contributed by atoms with Gasteiger partial charge in [-0.05, 0) is 59.4 Å². The molecule has 0 saturated carbocycles. The highest BCUT2D eigenvalue weighted by molar-refractivity contribution is 5.92. The quantitative estimate of drug-likeness (QED) is 0.730. The largest absolute Gasteiger partial charge is 0.477 e. The molecule has 138 valence electrons. The number of aliphatic hydroxyl groups excluding tert-OH is 1. The molecule has 5 heteroatoms. The summed E-state index contributed by atoms with van der Waals surface area (Å²) in [6, 6.07) is 14.9. The lowest BCUT2D eigenvalue weighted by molar-refractivity contribution is 0.0694. The fourth-order valence-electron chi connectivity index (χ4n) is 4.08. The van der Waals surface area contributed by atoms with Crippen LogP contribution in [0.2, 0.25) is 0 Å². The Labute approximate surface area is 156 Å². The number of carbonyl (C=O) groups is 1. The predicted molar refractivity (Wildman–Crippen MR) is 103 cm³/mol. The lowest BCUT2D eigenvalue weighted by Gasteiger charge is -2.14. The molecule has 1 atom stereocenters. The molecule has 3 aromatic rings. The van der Waals surface area contributed by atoms with Crippen molar-refractivity contribution in [3.8, 4) is 0 Å². The van der Waals surface area contributed by atoms with Gasteiger partial charge >= 0.3 is 5.97 Å². The summed E-state index contributed by atoms with van der Waals surface area (Å²) in [5.41, 5.74) is 3.63. The van der Waals surface area contributed by atoms with Gasteiger partial charge in [-0.3, -0.25) is 4.79 Å². The monoisotopic (exact) mass is 363 g/mol. The molecule has 1 aromatic heterocycles. The second-order valence-corrected chi connectivity index (χ2v) is 7.20. The molecule has 1 unspecified atom stereocenters. The first-order valence-corrected chi connectivity index (χ1v) is 9.14. The zero-order valence-corrected chi connectivity index (χ0v) is 14.9. The third kappa shape index (κ3) is 3.26. The first-order valence-electron chi connectivity index (χ1n) is 9.14. The van der Waals surface area contributed by atoms with Gasteiger partial charge in [0.15, 0.2) is 0 Å². The van der Waals surface area contributed by atoms with Gasteiger partial charge in [-0.15, -0.1) is 0 Å². The van der Waals surface area contributed by atoms with Crippen molar-refractivity contribution in [2.24, 2.45) is 5.92 Å². The number of hydrogen-bond donors (Lipinski definition) is 2. The van der Waals surface area contributed by atoms with Crippen LogP contribution in [0.3, 0.4) is 0 Å². The Morgan fingerprint density at radius 3 is 2.63 bits per heavy atom. The minimum atomic E-state index is -1.19. The van der Waals surface area contributed by atoms with Crippen molar-refractivity contribution in [1.82, 2.24) is 4.57 Å². The third-order valence-electron chi connectivity index (χ3n) is 5.46. The van der Waals surface area contributed by atoms with Crippen LogP contribution in [0.5, 0.6) is 0 Å². The van der Waals surface area contributed by atoms with Crippen molar-refractivity contribution in [2.45, 2.75) is 32.4 Å². The van der Waals surface area contributed by atoms with Crippen LogP contribution in [0, 0.1) is 5.92 Å². The minimum absolute atomic E-state index is 0.0430. The van der Waals surface area contributed by atoms with Crippen molar-refractivity contribution in [2.75, 3.05) is 0 Å². The van der Waals surface area contributed by atoms with Crippen LogP contribution >= 0.6 is 0 Å². The molecule has 2 N–H and O–H groups in total.